The number of aliphatic imine (C=N–C) groups is 1. The lowest BCUT2D eigenvalue weighted by molar-refractivity contribution is -0.188. The number of nitrogens with zero attached hydrogens (tertiary/aromatic N) is 5. The van der Waals surface area contributed by atoms with Gasteiger partial charge in [-0.1, -0.05) is 64.1 Å². The van der Waals surface area contributed by atoms with E-state index in [0.717, 1.165) is 81.7 Å². The predicted octanol–water partition coefficient (Wildman–Crippen LogP) is 7.56. The van der Waals surface area contributed by atoms with Crippen LogP contribution in [0.4, 0.5) is 4.79 Å². The van der Waals surface area contributed by atoms with Gasteiger partial charge in [-0.25, -0.2) is 19.8 Å². The quantitative estimate of drug-likeness (QED) is 0.0500. The van der Waals surface area contributed by atoms with Crippen LogP contribution >= 0.6 is 54.0 Å². The molecule has 7 rings (SSSR count). The first-order valence-corrected chi connectivity index (χ1v) is 19.3. The topological polar surface area (TPSA) is 167 Å². The third-order valence-corrected chi connectivity index (χ3v) is 10.9. The summed E-state index contributed by atoms with van der Waals surface area (Å²) in [4.78, 5) is 73.5. The molecule has 60 heavy (non-hydrogen) atoms. The fraction of sp³-hybridized carbons (Fsp3) is 0.429. The van der Waals surface area contributed by atoms with Crippen molar-refractivity contribution in [3.63, 3.8) is 0 Å². The molecule has 0 unspecified atom stereocenters. The maximum Gasteiger partial charge on any atom is 0.407 e. The molecular formula is C42H58N8O6S4. The Balaban J connectivity index is 0.00000240. The number of rotatable bonds is 12. The molecule has 4 atom stereocenters. The number of H-pyrrole nitrogens is 2. The van der Waals surface area contributed by atoms with Gasteiger partial charge in [0.05, 0.1) is 48.4 Å². The van der Waals surface area contributed by atoms with Gasteiger partial charge in [0.15, 0.2) is 0 Å². The van der Waals surface area contributed by atoms with Crippen molar-refractivity contribution in [2.45, 2.75) is 77.5 Å². The molecular weight excluding hydrogens is 841 g/mol. The van der Waals surface area contributed by atoms with Crippen molar-refractivity contribution in [3.8, 4) is 22.3 Å². The standard InChI is InChI=1S/C42H50N8O6.4H2S/c1-24(2)36(43-23-56-55-6)40(51)49-19-7-9-34(49)38-44-30-17-15-28(21-32(30)46-38)26-11-13-27(14-12-26)29-16-18-31-33(22-29)47-39(45-31)35-10-8-20-50(35)41(52)37(25(3)4)48-42(53)54-5;;;;/h11-18,21-25,34-37H,7-10,19-20H2,1-6H3,(H,44,46)(H,45,47)(H,48,53);4*1H2/t34-,35-,36-,37+;;;;/m0..../s1. The summed E-state index contributed by atoms with van der Waals surface area (Å²) in [6.07, 6.45) is 3.91. The van der Waals surface area contributed by atoms with Gasteiger partial charge in [-0.05, 0) is 84.0 Å². The van der Waals surface area contributed by atoms with Crippen LogP contribution in [0.5, 0.6) is 0 Å². The van der Waals surface area contributed by atoms with Crippen LogP contribution in [0.25, 0.3) is 44.3 Å². The lowest BCUT2D eigenvalue weighted by atomic mass is 10.00. The molecule has 3 amide bonds. The second kappa shape index (κ2) is 21.9. The van der Waals surface area contributed by atoms with Gasteiger partial charge in [0.25, 0.3) is 0 Å². The highest BCUT2D eigenvalue weighted by atomic mass is 32.1. The number of likely N-dealkylation sites (tertiary alicyclic amines) is 2. The largest absolute Gasteiger partial charge is 0.453 e. The van der Waals surface area contributed by atoms with Gasteiger partial charge in [-0.3, -0.25) is 9.59 Å². The Labute approximate surface area is 378 Å². The monoisotopic (exact) mass is 898 g/mol. The number of methoxy groups -OCH3 is 1. The minimum Gasteiger partial charge on any atom is -0.453 e. The van der Waals surface area contributed by atoms with E-state index < -0.39 is 18.2 Å². The van der Waals surface area contributed by atoms with E-state index in [4.69, 9.17) is 19.6 Å². The summed E-state index contributed by atoms with van der Waals surface area (Å²) in [6.45, 7) is 8.99. The van der Waals surface area contributed by atoms with Crippen molar-refractivity contribution in [2.75, 3.05) is 27.3 Å². The molecule has 14 nitrogen and oxygen atoms in total. The fourth-order valence-corrected chi connectivity index (χ4v) is 7.92. The number of benzene rings is 3. The number of amides is 3. The molecule has 2 aliphatic rings. The number of hydrogen-bond acceptors (Lipinski definition) is 9. The lowest BCUT2D eigenvalue weighted by Crippen LogP contribution is -2.51. The number of nitrogens with one attached hydrogen (secondary N) is 3. The lowest BCUT2D eigenvalue weighted by Gasteiger charge is -2.29. The summed E-state index contributed by atoms with van der Waals surface area (Å²) >= 11 is 0. The Morgan fingerprint density at radius 2 is 1.18 bits per heavy atom. The molecule has 2 aliphatic heterocycles. The normalized spacial score (nSPS) is 17.2. The maximum atomic E-state index is 13.6. The molecule has 3 N–H and O–H groups in total. The van der Waals surface area contributed by atoms with E-state index >= 15 is 0 Å². The second-order valence-corrected chi connectivity index (χ2v) is 15.2. The highest BCUT2D eigenvalue weighted by Gasteiger charge is 2.38. The smallest absolute Gasteiger partial charge is 0.407 e. The van der Waals surface area contributed by atoms with E-state index in [0.29, 0.717) is 13.1 Å². The van der Waals surface area contributed by atoms with E-state index in [-0.39, 0.29) is 89.7 Å². The van der Waals surface area contributed by atoms with Crippen molar-refractivity contribution >= 4 is 100 Å². The van der Waals surface area contributed by atoms with Crippen molar-refractivity contribution < 1.29 is 28.9 Å². The van der Waals surface area contributed by atoms with Gasteiger partial charge in [0, 0.05) is 13.1 Å². The predicted molar refractivity (Wildman–Crippen MR) is 255 cm³/mol. The second-order valence-electron chi connectivity index (χ2n) is 15.2. The first-order chi connectivity index (χ1) is 27.1. The number of aromatic amines is 2. The first kappa shape index (κ1) is 50.0. The number of fused-ring (bicyclic) bond motifs is 2. The van der Waals surface area contributed by atoms with Gasteiger partial charge in [-0.2, -0.15) is 58.9 Å². The van der Waals surface area contributed by atoms with Crippen LogP contribution < -0.4 is 5.32 Å². The van der Waals surface area contributed by atoms with Crippen LogP contribution in [0.1, 0.15) is 77.1 Å². The van der Waals surface area contributed by atoms with E-state index in [1.54, 1.807) is 0 Å². The summed E-state index contributed by atoms with van der Waals surface area (Å²) in [6, 6.07) is 19.2. The zero-order valence-corrected chi connectivity index (χ0v) is 38.7. The Bertz CT molecular complexity index is 2250. The number of hydrogen-bond donors (Lipinski definition) is 3. The van der Waals surface area contributed by atoms with Crippen LogP contribution in [0.15, 0.2) is 65.7 Å². The van der Waals surface area contributed by atoms with Crippen molar-refractivity contribution in [1.29, 1.82) is 0 Å². The molecule has 0 spiro atoms. The molecule has 18 heteroatoms. The van der Waals surface area contributed by atoms with Gasteiger partial charge in [-0.15, -0.1) is 0 Å². The van der Waals surface area contributed by atoms with E-state index in [9.17, 15) is 14.4 Å². The number of alkyl carbamates (subject to hydrolysis) is 1. The number of carbonyl (C=O) groups excluding carboxylic acids is 3. The molecule has 326 valence electrons. The molecule has 2 aromatic heterocycles. The maximum absolute atomic E-state index is 13.6. The molecule has 0 saturated carbocycles. The third kappa shape index (κ3) is 10.6. The molecule has 3 aromatic carbocycles. The highest BCUT2D eigenvalue weighted by Crippen LogP contribution is 2.36. The SMILES string of the molecule is COOC=N[C@H](C(=O)N1CCC[C@H]1c1nc2ccc(-c3ccc(-c4ccc5nc([C@@H]6CCCN6C(=O)[C@H](NC(=O)OC)C(C)C)[nH]c5c4)cc3)cc2[nH]1)C(C)C.S.S.S.S. The molecule has 0 aliphatic carbocycles. The van der Waals surface area contributed by atoms with Crippen molar-refractivity contribution in [1.82, 2.24) is 35.1 Å². The van der Waals surface area contributed by atoms with E-state index in [1.807, 2.05) is 49.6 Å². The summed E-state index contributed by atoms with van der Waals surface area (Å²) in [5, 5.41) is 2.71. The molecule has 5 aromatic rings. The van der Waals surface area contributed by atoms with E-state index in [1.165, 1.54) is 20.6 Å². The average molecular weight is 899 g/mol. The van der Waals surface area contributed by atoms with Crippen LogP contribution in [-0.2, 0) is 24.1 Å². The molecule has 2 saturated heterocycles. The number of carbonyl (C=O) groups is 3. The van der Waals surface area contributed by atoms with Gasteiger partial charge >= 0.3 is 6.09 Å². The summed E-state index contributed by atoms with van der Waals surface area (Å²) in [7, 11) is 2.69. The molecule has 0 bridgehead atoms. The summed E-state index contributed by atoms with van der Waals surface area (Å²) in [5.41, 5.74) is 7.71. The van der Waals surface area contributed by atoms with Crippen molar-refractivity contribution in [2.24, 2.45) is 16.8 Å². The Hall–Kier alpha value is -4.36. The van der Waals surface area contributed by atoms with Crippen LogP contribution in [0.3, 0.4) is 0 Å². The zero-order valence-electron chi connectivity index (χ0n) is 34.7. The highest BCUT2D eigenvalue weighted by molar-refractivity contribution is 7.59. The minimum absolute atomic E-state index is 0. The number of ether oxygens (including phenoxy) is 1. The van der Waals surface area contributed by atoms with Gasteiger partial charge < -0.3 is 34.7 Å². The van der Waals surface area contributed by atoms with Crippen molar-refractivity contribution in [3.05, 3.63) is 72.3 Å². The Morgan fingerprint density at radius 3 is 1.62 bits per heavy atom. The summed E-state index contributed by atoms with van der Waals surface area (Å²) < 4.78 is 4.77. The van der Waals surface area contributed by atoms with Crippen LogP contribution in [-0.4, -0.2) is 93.4 Å². The molecule has 4 heterocycles. The average Bonchev–Trinajstić information content (AvgIpc) is 4.03. The first-order valence-electron chi connectivity index (χ1n) is 19.3. The number of aromatic nitrogens is 4. The zero-order chi connectivity index (χ0) is 39.5. The summed E-state index contributed by atoms with van der Waals surface area (Å²) in [5.74, 6) is 1.21. The van der Waals surface area contributed by atoms with E-state index in [2.05, 4.69) is 73.7 Å². The number of imidazole rings is 2. The van der Waals surface area contributed by atoms with Gasteiger partial charge in [0.1, 0.15) is 23.7 Å². The van der Waals surface area contributed by atoms with Gasteiger partial charge in [0.2, 0.25) is 18.2 Å². The third-order valence-electron chi connectivity index (χ3n) is 10.9. The molecule has 0 radical (unpaired) electrons. The van der Waals surface area contributed by atoms with Crippen LogP contribution in [0, 0.1) is 11.8 Å². The van der Waals surface area contributed by atoms with Crippen LogP contribution in [0.2, 0.25) is 0 Å². The fourth-order valence-electron chi connectivity index (χ4n) is 7.92. The Kier molecular flexibility index (Phi) is 18.3. The minimum atomic E-state index is -0.687. The Morgan fingerprint density at radius 1 is 0.717 bits per heavy atom. The molecule has 2 fully saturated rings.